The molecule has 0 rings (SSSR count). The van der Waals surface area contributed by atoms with E-state index in [2.05, 4.69) is 48.5 Å². The van der Waals surface area contributed by atoms with Gasteiger partial charge in [0.05, 0.1) is 30.7 Å². The minimum Gasteiger partial charge on any atom is -0.481 e. The molecule has 9 nitrogen and oxygen atoms in total. The molecule has 0 aromatic rings. The maximum absolute atomic E-state index is 12.1. The van der Waals surface area contributed by atoms with Crippen molar-refractivity contribution < 1.29 is 43.8 Å². The summed E-state index contributed by atoms with van der Waals surface area (Å²) in [5.41, 5.74) is -0.937. The predicted octanol–water partition coefficient (Wildman–Crippen LogP) is 7.59. The Hall–Kier alpha value is -1.55. The summed E-state index contributed by atoms with van der Waals surface area (Å²) < 4.78 is 5.27. The van der Waals surface area contributed by atoms with Crippen molar-refractivity contribution in [2.75, 3.05) is 6.61 Å². The Balaban J connectivity index is 0. The van der Waals surface area contributed by atoms with Crippen LogP contribution in [0.15, 0.2) is 0 Å². The second-order valence-corrected chi connectivity index (χ2v) is 14.1. The molecule has 9 heteroatoms. The van der Waals surface area contributed by atoms with E-state index in [4.69, 9.17) is 29.4 Å². The third-order valence-electron chi connectivity index (χ3n) is 5.03. The molecule has 0 aromatic heterocycles. The molecule has 0 aliphatic carbocycles. The van der Waals surface area contributed by atoms with Gasteiger partial charge in [-0.2, -0.15) is 9.78 Å². The van der Waals surface area contributed by atoms with Crippen LogP contribution in [0.25, 0.3) is 0 Å². The lowest BCUT2D eigenvalue weighted by atomic mass is 9.84. The first-order valence-electron chi connectivity index (χ1n) is 14.0. The number of ether oxygens (including phenoxy) is 1. The average molecular weight is 563 g/mol. The van der Waals surface area contributed by atoms with Gasteiger partial charge in [-0.1, -0.05) is 54.9 Å². The van der Waals surface area contributed by atoms with Crippen LogP contribution in [0.3, 0.4) is 0 Å². The fourth-order valence-electron chi connectivity index (χ4n) is 4.13. The van der Waals surface area contributed by atoms with E-state index in [-0.39, 0.29) is 48.3 Å². The summed E-state index contributed by atoms with van der Waals surface area (Å²) in [6, 6.07) is 0. The van der Waals surface area contributed by atoms with Crippen molar-refractivity contribution in [3.63, 3.8) is 0 Å². The number of esters is 1. The van der Waals surface area contributed by atoms with Gasteiger partial charge in [0.25, 0.3) is 0 Å². The fraction of sp³-hybridized carbons (Fsp3) is 0.900. The highest BCUT2D eigenvalue weighted by Crippen LogP contribution is 2.34. The topological polar surface area (TPSA) is 118 Å². The Kier molecular flexibility index (Phi) is 17.6. The Morgan fingerprint density at radius 3 is 1.41 bits per heavy atom. The van der Waals surface area contributed by atoms with Gasteiger partial charge < -0.3 is 14.6 Å². The molecule has 0 heterocycles. The lowest BCUT2D eigenvalue weighted by Gasteiger charge is -2.37. The Bertz CT molecular complexity index is 682. The van der Waals surface area contributed by atoms with E-state index in [9.17, 15) is 14.4 Å². The second kappa shape index (κ2) is 17.3. The number of Topliss-reactive ketones (excluding diaryl/α,β-unsaturated/α-hetero) is 1. The standard InChI is InChI=1S/C25H50O6.C5H8O3/c1-13-14-17-27-20(26)15-16-25(12,30-28-23(8,9)18-21(2,3)4)31-29-24(10,11)19-22(5,6)7;1-4(6)2-3-5(7)8/h13-19H2,1-12H3;2-3H2,1H3,(H,7,8). The molecule has 0 atom stereocenters. The summed E-state index contributed by atoms with van der Waals surface area (Å²) in [6.07, 6.45) is 3.89. The fourth-order valence-corrected chi connectivity index (χ4v) is 4.13. The minimum atomic E-state index is -1.26. The molecule has 0 spiro atoms. The number of hydrogen-bond donors (Lipinski definition) is 1. The molecular weight excluding hydrogens is 504 g/mol. The number of hydrogen-bond acceptors (Lipinski definition) is 8. The van der Waals surface area contributed by atoms with Crippen LogP contribution in [0, 0.1) is 10.8 Å². The smallest absolute Gasteiger partial charge is 0.305 e. The number of carboxylic acids is 1. The minimum absolute atomic E-state index is 0.0463. The molecule has 0 unspecified atom stereocenters. The van der Waals surface area contributed by atoms with Crippen molar-refractivity contribution in [1.29, 1.82) is 0 Å². The summed E-state index contributed by atoms with van der Waals surface area (Å²) >= 11 is 0. The van der Waals surface area contributed by atoms with Crippen molar-refractivity contribution >= 4 is 17.7 Å². The molecule has 0 aromatic carbocycles. The molecule has 0 aliphatic rings. The van der Waals surface area contributed by atoms with Gasteiger partial charge in [-0.25, -0.2) is 9.78 Å². The number of carbonyl (C=O) groups is 3. The highest BCUT2D eigenvalue weighted by molar-refractivity contribution is 5.80. The SMILES string of the molecule is CC(=O)CCC(=O)O.CCCCOC(=O)CCC(C)(OOC(C)(C)CC(C)(C)C)OOC(C)(C)CC(C)(C)C. The lowest BCUT2D eigenvalue weighted by molar-refractivity contribution is -0.541. The van der Waals surface area contributed by atoms with Gasteiger partial charge in [0.2, 0.25) is 5.79 Å². The normalized spacial score (nSPS) is 12.9. The van der Waals surface area contributed by atoms with Crippen LogP contribution >= 0.6 is 0 Å². The summed E-state index contributed by atoms with van der Waals surface area (Å²) in [6.45, 7) is 26.4. The van der Waals surface area contributed by atoms with Crippen LogP contribution in [-0.4, -0.2) is 46.4 Å². The van der Waals surface area contributed by atoms with Crippen molar-refractivity contribution in [2.24, 2.45) is 10.8 Å². The second-order valence-electron chi connectivity index (χ2n) is 14.1. The van der Waals surface area contributed by atoms with Crippen LogP contribution < -0.4 is 0 Å². The van der Waals surface area contributed by atoms with E-state index in [0.717, 1.165) is 25.7 Å². The van der Waals surface area contributed by atoms with Crippen LogP contribution in [0.1, 0.15) is 141 Å². The lowest BCUT2D eigenvalue weighted by Crippen LogP contribution is -2.42. The van der Waals surface area contributed by atoms with Crippen LogP contribution in [0.2, 0.25) is 0 Å². The molecule has 0 bridgehead atoms. The predicted molar refractivity (Wildman–Crippen MR) is 152 cm³/mol. The first-order valence-corrected chi connectivity index (χ1v) is 14.0. The van der Waals surface area contributed by atoms with Crippen molar-refractivity contribution in [2.45, 2.75) is 158 Å². The largest absolute Gasteiger partial charge is 0.481 e. The molecule has 0 amide bonds. The van der Waals surface area contributed by atoms with Gasteiger partial charge in [0.1, 0.15) is 5.78 Å². The Labute approximate surface area is 237 Å². The summed E-state index contributed by atoms with van der Waals surface area (Å²) in [5, 5.41) is 8.01. The first kappa shape index (κ1) is 39.6. The molecule has 1 N–H and O–H groups in total. The van der Waals surface area contributed by atoms with E-state index >= 15 is 0 Å². The zero-order valence-corrected chi connectivity index (χ0v) is 27.1. The molecule has 39 heavy (non-hydrogen) atoms. The zero-order valence-electron chi connectivity index (χ0n) is 27.1. The molecule has 0 aliphatic heterocycles. The maximum atomic E-state index is 12.1. The zero-order chi connectivity index (χ0) is 31.1. The summed E-state index contributed by atoms with van der Waals surface area (Å²) in [4.78, 5) is 55.2. The number of aliphatic carboxylic acids is 1. The van der Waals surface area contributed by atoms with E-state index in [1.165, 1.54) is 6.92 Å². The maximum Gasteiger partial charge on any atom is 0.305 e. The number of carbonyl (C=O) groups excluding carboxylic acids is 2. The van der Waals surface area contributed by atoms with E-state index in [1.807, 2.05) is 27.7 Å². The van der Waals surface area contributed by atoms with E-state index in [0.29, 0.717) is 6.61 Å². The van der Waals surface area contributed by atoms with Gasteiger partial charge >= 0.3 is 11.9 Å². The molecule has 0 saturated heterocycles. The first-order chi connectivity index (χ1) is 17.4. The van der Waals surface area contributed by atoms with E-state index in [1.54, 1.807) is 6.92 Å². The van der Waals surface area contributed by atoms with Crippen molar-refractivity contribution in [3.8, 4) is 0 Å². The van der Waals surface area contributed by atoms with Crippen LogP contribution in [0.4, 0.5) is 0 Å². The van der Waals surface area contributed by atoms with Gasteiger partial charge in [0, 0.05) is 12.8 Å². The number of ketones is 1. The Morgan fingerprint density at radius 1 is 0.667 bits per heavy atom. The Morgan fingerprint density at radius 2 is 1.10 bits per heavy atom. The van der Waals surface area contributed by atoms with Gasteiger partial charge in [-0.05, 0) is 71.6 Å². The van der Waals surface area contributed by atoms with Gasteiger partial charge in [-0.3, -0.25) is 9.59 Å². The summed E-state index contributed by atoms with van der Waals surface area (Å²) in [7, 11) is 0. The van der Waals surface area contributed by atoms with Crippen LogP contribution in [-0.2, 0) is 38.7 Å². The molecule has 0 radical (unpaired) electrons. The molecule has 0 fully saturated rings. The van der Waals surface area contributed by atoms with Crippen molar-refractivity contribution in [3.05, 3.63) is 0 Å². The molecular formula is C30H58O9. The highest BCUT2D eigenvalue weighted by Gasteiger charge is 2.38. The number of carboxylic acid groups (broad SMARTS) is 1. The van der Waals surface area contributed by atoms with E-state index < -0.39 is 23.0 Å². The van der Waals surface area contributed by atoms with Gasteiger partial charge in [-0.15, -0.1) is 0 Å². The van der Waals surface area contributed by atoms with Crippen LogP contribution in [0.5, 0.6) is 0 Å². The average Bonchev–Trinajstić information content (AvgIpc) is 2.71. The monoisotopic (exact) mass is 562 g/mol. The number of unbranched alkanes of at least 4 members (excludes halogenated alkanes) is 1. The summed E-state index contributed by atoms with van der Waals surface area (Å²) in [5.74, 6) is -2.53. The third-order valence-corrected chi connectivity index (χ3v) is 5.03. The highest BCUT2D eigenvalue weighted by atomic mass is 17.3. The van der Waals surface area contributed by atoms with Crippen molar-refractivity contribution in [1.82, 2.24) is 0 Å². The molecule has 0 saturated carbocycles. The van der Waals surface area contributed by atoms with Gasteiger partial charge in [0.15, 0.2) is 0 Å². The molecule has 232 valence electrons. The quantitative estimate of drug-likeness (QED) is 0.0628. The third kappa shape index (κ3) is 26.4. The number of rotatable bonds is 17.